The Morgan fingerprint density at radius 2 is 1.92 bits per heavy atom. The first-order valence-electron chi connectivity index (χ1n) is 14.1. The van der Waals surface area contributed by atoms with E-state index in [1.54, 1.807) is 0 Å². The van der Waals surface area contributed by atoms with Crippen LogP contribution < -0.4 is 10.1 Å². The zero-order valence-corrected chi connectivity index (χ0v) is 22.7. The number of nitrogens with zero attached hydrogens (tertiary/aromatic N) is 4. The van der Waals surface area contributed by atoms with E-state index in [1.165, 1.54) is 38.8 Å². The van der Waals surface area contributed by atoms with Crippen LogP contribution in [0, 0.1) is 11.8 Å². The SMILES string of the molecule is CC1(C)OCc2cc([C@@H](O)CNCc3ccc4c(c3)nnn4CCCN3CCC4(C[CH]C4)CC3)ccc2O1. The number of rotatable bonds is 9. The average molecular weight is 519 g/mol. The van der Waals surface area contributed by atoms with Gasteiger partial charge < -0.3 is 24.8 Å². The fourth-order valence-corrected chi connectivity index (χ4v) is 5.98. The minimum atomic E-state index is -0.619. The molecular weight excluding hydrogens is 478 g/mol. The van der Waals surface area contributed by atoms with E-state index in [1.807, 2.05) is 36.7 Å². The van der Waals surface area contributed by atoms with Gasteiger partial charge in [-0.2, -0.15) is 0 Å². The van der Waals surface area contributed by atoms with Crippen LogP contribution in [0.2, 0.25) is 0 Å². The molecule has 0 bridgehead atoms. The number of ether oxygens (including phenoxy) is 2. The van der Waals surface area contributed by atoms with Gasteiger partial charge in [-0.05, 0) is 99.0 Å². The van der Waals surface area contributed by atoms with E-state index < -0.39 is 11.9 Å². The number of aliphatic hydroxyl groups is 1. The van der Waals surface area contributed by atoms with Gasteiger partial charge in [0, 0.05) is 39.0 Å². The van der Waals surface area contributed by atoms with Crippen molar-refractivity contribution >= 4 is 11.0 Å². The van der Waals surface area contributed by atoms with Gasteiger partial charge >= 0.3 is 0 Å². The first kappa shape index (κ1) is 25.7. The smallest absolute Gasteiger partial charge is 0.205 e. The summed E-state index contributed by atoms with van der Waals surface area (Å²) in [5, 5.41) is 22.9. The van der Waals surface area contributed by atoms with E-state index in [0.29, 0.717) is 25.1 Å². The Labute approximate surface area is 225 Å². The summed E-state index contributed by atoms with van der Waals surface area (Å²) in [6, 6.07) is 12.1. The Morgan fingerprint density at radius 3 is 2.71 bits per heavy atom. The highest BCUT2D eigenvalue weighted by Gasteiger charge is 2.39. The molecule has 2 fully saturated rings. The van der Waals surface area contributed by atoms with Crippen molar-refractivity contribution in [3.8, 4) is 5.75 Å². The lowest BCUT2D eigenvalue weighted by molar-refractivity contribution is -0.180. The molecule has 8 nitrogen and oxygen atoms in total. The van der Waals surface area contributed by atoms with Gasteiger partial charge in [-0.25, -0.2) is 4.68 Å². The van der Waals surface area contributed by atoms with Crippen molar-refractivity contribution in [1.29, 1.82) is 0 Å². The fraction of sp³-hybridized carbons (Fsp3) is 0.567. The number of aromatic nitrogens is 3. The third-order valence-corrected chi connectivity index (χ3v) is 8.56. The molecule has 0 amide bonds. The minimum absolute atomic E-state index is 0.451. The van der Waals surface area contributed by atoms with Gasteiger partial charge in [0.25, 0.3) is 0 Å². The van der Waals surface area contributed by atoms with Crippen molar-refractivity contribution < 1.29 is 14.6 Å². The molecule has 6 rings (SSSR count). The summed E-state index contributed by atoms with van der Waals surface area (Å²) < 4.78 is 13.6. The van der Waals surface area contributed by atoms with Crippen LogP contribution in [-0.2, 0) is 24.4 Å². The third kappa shape index (κ3) is 5.59. The number of aryl methyl sites for hydroxylation is 1. The van der Waals surface area contributed by atoms with Crippen molar-refractivity contribution in [2.24, 2.45) is 5.41 Å². The van der Waals surface area contributed by atoms with Crippen molar-refractivity contribution in [2.45, 2.75) is 77.5 Å². The van der Waals surface area contributed by atoms with Crippen LogP contribution in [0.4, 0.5) is 0 Å². The molecule has 1 aliphatic carbocycles. The third-order valence-electron chi connectivity index (χ3n) is 8.56. The Balaban J connectivity index is 0.968. The lowest BCUT2D eigenvalue weighted by Crippen LogP contribution is -2.44. The maximum absolute atomic E-state index is 10.7. The van der Waals surface area contributed by atoms with Crippen molar-refractivity contribution in [2.75, 3.05) is 26.2 Å². The normalized spacial score (nSPS) is 21.1. The molecular formula is C30H40N5O3. The Bertz CT molecular complexity index is 1260. The topological polar surface area (TPSA) is 84.7 Å². The Morgan fingerprint density at radius 1 is 1.08 bits per heavy atom. The van der Waals surface area contributed by atoms with Crippen LogP contribution in [0.15, 0.2) is 36.4 Å². The molecule has 0 unspecified atom stereocenters. The maximum atomic E-state index is 10.7. The Kier molecular flexibility index (Phi) is 7.16. The van der Waals surface area contributed by atoms with Crippen LogP contribution in [-0.4, -0.2) is 57.0 Å². The molecule has 1 aromatic heterocycles. The zero-order valence-electron chi connectivity index (χ0n) is 22.7. The van der Waals surface area contributed by atoms with Gasteiger partial charge in [-0.3, -0.25) is 0 Å². The fourth-order valence-electron chi connectivity index (χ4n) is 5.98. The zero-order chi connectivity index (χ0) is 26.2. The summed E-state index contributed by atoms with van der Waals surface area (Å²) >= 11 is 0. The molecule has 1 spiro atoms. The lowest BCUT2D eigenvalue weighted by Gasteiger charge is -2.47. The molecule has 3 aromatic rings. The second-order valence-corrected chi connectivity index (χ2v) is 11.8. The maximum Gasteiger partial charge on any atom is 0.205 e. The molecule has 3 heterocycles. The number of piperidine rings is 1. The second kappa shape index (κ2) is 10.6. The lowest BCUT2D eigenvalue weighted by atomic mass is 9.63. The molecule has 203 valence electrons. The number of nitrogens with one attached hydrogen (secondary N) is 1. The number of hydrogen-bond donors (Lipinski definition) is 2. The Hall–Kier alpha value is -2.52. The van der Waals surface area contributed by atoms with Crippen molar-refractivity contribution in [3.63, 3.8) is 0 Å². The highest BCUT2D eigenvalue weighted by atomic mass is 16.7. The van der Waals surface area contributed by atoms with E-state index >= 15 is 0 Å². The highest BCUT2D eigenvalue weighted by Crippen LogP contribution is 2.48. The van der Waals surface area contributed by atoms with Crippen LogP contribution >= 0.6 is 0 Å². The number of aliphatic hydroxyl groups excluding tert-OH is 1. The van der Waals surface area contributed by atoms with Gasteiger partial charge in [-0.15, -0.1) is 5.10 Å². The molecule has 2 N–H and O–H groups in total. The van der Waals surface area contributed by atoms with Gasteiger partial charge in [0.2, 0.25) is 5.79 Å². The number of benzene rings is 2. The van der Waals surface area contributed by atoms with Crippen molar-refractivity contribution in [1.82, 2.24) is 25.2 Å². The summed E-state index contributed by atoms with van der Waals surface area (Å²) in [5.74, 6) is 0.200. The van der Waals surface area contributed by atoms with E-state index in [0.717, 1.165) is 53.0 Å². The molecule has 1 saturated heterocycles. The molecule has 8 heteroatoms. The summed E-state index contributed by atoms with van der Waals surface area (Å²) in [6.07, 6.45) is 8.32. The largest absolute Gasteiger partial charge is 0.463 e. The quantitative estimate of drug-likeness (QED) is 0.435. The van der Waals surface area contributed by atoms with Gasteiger partial charge in [0.1, 0.15) is 11.3 Å². The summed E-state index contributed by atoms with van der Waals surface area (Å²) in [4.78, 5) is 2.62. The summed E-state index contributed by atoms with van der Waals surface area (Å²) in [7, 11) is 0. The number of fused-ring (bicyclic) bond motifs is 2. The molecule has 38 heavy (non-hydrogen) atoms. The van der Waals surface area contributed by atoms with Gasteiger partial charge in [0.15, 0.2) is 0 Å². The van der Waals surface area contributed by atoms with E-state index in [9.17, 15) is 5.11 Å². The first-order chi connectivity index (χ1) is 18.4. The average Bonchev–Trinajstić information content (AvgIpc) is 3.29. The van der Waals surface area contributed by atoms with Crippen LogP contribution in [0.1, 0.15) is 68.7 Å². The summed E-state index contributed by atoms with van der Waals surface area (Å²) in [5.41, 5.74) is 5.61. The first-order valence-corrected chi connectivity index (χ1v) is 14.1. The van der Waals surface area contributed by atoms with Gasteiger partial charge in [-0.1, -0.05) is 17.3 Å². The summed E-state index contributed by atoms with van der Waals surface area (Å²) in [6.45, 7) is 9.90. The molecule has 2 aromatic carbocycles. The van der Waals surface area contributed by atoms with E-state index in [2.05, 4.69) is 45.1 Å². The monoisotopic (exact) mass is 518 g/mol. The highest BCUT2D eigenvalue weighted by molar-refractivity contribution is 5.75. The number of hydrogen-bond acceptors (Lipinski definition) is 7. The van der Waals surface area contributed by atoms with E-state index in [4.69, 9.17) is 9.47 Å². The number of likely N-dealkylation sites (tertiary alicyclic amines) is 1. The molecule has 1 atom stereocenters. The second-order valence-electron chi connectivity index (χ2n) is 11.8. The minimum Gasteiger partial charge on any atom is -0.463 e. The predicted octanol–water partition coefficient (Wildman–Crippen LogP) is 4.37. The van der Waals surface area contributed by atoms with E-state index in [-0.39, 0.29) is 0 Å². The molecule has 3 aliphatic rings. The van der Waals surface area contributed by atoms with Crippen molar-refractivity contribution in [3.05, 3.63) is 59.5 Å². The standard InChI is InChI=1S/C30H40N5O3/c1-29(2)37-21-24-18-23(6-8-28(24)38-29)27(36)20-31-19-22-5-7-26-25(17-22)32-33-35(26)14-4-13-34-15-11-30(12-16-34)9-3-10-30/h3,5-8,17-18,27,31,36H,4,9-16,19-21H2,1-2H3/t27-/m0/s1. The van der Waals surface area contributed by atoms with Crippen LogP contribution in [0.25, 0.3) is 11.0 Å². The molecule has 1 radical (unpaired) electrons. The van der Waals surface area contributed by atoms with Crippen LogP contribution in [0.3, 0.4) is 0 Å². The molecule has 2 aliphatic heterocycles. The molecule has 1 saturated carbocycles. The predicted molar refractivity (Wildman–Crippen MR) is 146 cm³/mol. The van der Waals surface area contributed by atoms with Gasteiger partial charge in [0.05, 0.1) is 18.2 Å². The van der Waals surface area contributed by atoms with Crippen LogP contribution in [0.5, 0.6) is 5.75 Å².